The van der Waals surface area contributed by atoms with Crippen LogP contribution in [0.4, 0.5) is 44.0 Å². The van der Waals surface area contributed by atoms with Crippen LogP contribution >= 0.6 is 13.5 Å². The van der Waals surface area contributed by atoms with Gasteiger partial charge in [-0.05, 0) is 51.0 Å². The minimum atomic E-state index is -0.835. The fourth-order valence-corrected chi connectivity index (χ4v) is 5.47. The van der Waals surface area contributed by atoms with E-state index in [1.807, 2.05) is 12.2 Å². The first-order valence-corrected chi connectivity index (χ1v) is 19.0. The molecule has 0 unspecified atom stereocenters. The first-order chi connectivity index (χ1) is 29.9. The average molecular weight is 897 g/mol. The van der Waals surface area contributed by atoms with Crippen molar-refractivity contribution in [3.63, 3.8) is 0 Å². The highest BCUT2D eigenvalue weighted by molar-refractivity contribution is 7.59. The lowest BCUT2D eigenvalue weighted by Gasteiger charge is -2.23. The summed E-state index contributed by atoms with van der Waals surface area (Å²) in [5.74, 6) is 0.124. The smallest absolute Gasteiger partial charge is 0.414 e. The highest BCUT2D eigenvalue weighted by Gasteiger charge is 2.33. The summed E-state index contributed by atoms with van der Waals surface area (Å²) in [6.07, 6.45) is 9.40. The first-order valence-electron chi connectivity index (χ1n) is 19.0. The third-order valence-electron chi connectivity index (χ3n) is 8.15. The van der Waals surface area contributed by atoms with Crippen molar-refractivity contribution >= 4 is 60.1 Å². The molecule has 0 radical (unpaired) electrons. The summed E-state index contributed by atoms with van der Waals surface area (Å²) >= 11 is 0. The Hall–Kier alpha value is -7.69. The number of carbonyl (C=O) groups excluding carboxylic acids is 2. The SMILES string of the molecule is C=CCCOc1cc(N(Cc2ncccc2OCC=C)C(=O)OCC)c([N+](=O)[O-])c(N)n1.CCOC(=O)N1Cc2ncccc2OC/C=C/CCOc2cc1c([N+](=O)[O-])c(N)n2.S.[3HH]. The van der Waals surface area contributed by atoms with Gasteiger partial charge in [-0.15, -0.1) is 6.58 Å². The van der Waals surface area contributed by atoms with Crippen molar-refractivity contribution in [3.05, 3.63) is 118 Å². The molecule has 0 saturated heterocycles. The maximum atomic E-state index is 12.8. The minimum absolute atomic E-state index is 0. The third-order valence-corrected chi connectivity index (χ3v) is 8.15. The van der Waals surface area contributed by atoms with Gasteiger partial charge in [-0.2, -0.15) is 23.5 Å². The molecule has 0 atom stereocenters. The van der Waals surface area contributed by atoms with Gasteiger partial charge >= 0.3 is 23.6 Å². The number of ether oxygens (including phenoxy) is 6. The molecule has 1 aliphatic heterocycles. The maximum Gasteiger partial charge on any atom is 0.414 e. The highest BCUT2D eigenvalue weighted by Crippen LogP contribution is 2.39. The summed E-state index contributed by atoms with van der Waals surface area (Å²) < 4.78 is 32.6. The summed E-state index contributed by atoms with van der Waals surface area (Å²) in [6.45, 7) is 11.2. The van der Waals surface area contributed by atoms with Gasteiger partial charge in [-0.3, -0.25) is 40.0 Å². The van der Waals surface area contributed by atoms with Gasteiger partial charge in [0.1, 0.15) is 47.5 Å². The number of anilines is 4. The molecule has 4 N–H and O–H groups in total. The van der Waals surface area contributed by atoms with Gasteiger partial charge in [0.2, 0.25) is 23.4 Å². The zero-order valence-corrected chi connectivity index (χ0v) is 35.5. The Bertz CT molecular complexity index is 2270. The van der Waals surface area contributed by atoms with Gasteiger partial charge < -0.3 is 39.9 Å². The molecule has 4 aromatic heterocycles. The van der Waals surface area contributed by atoms with E-state index >= 15 is 0 Å². The van der Waals surface area contributed by atoms with Crippen molar-refractivity contribution in [1.82, 2.24) is 19.9 Å². The molecule has 1 aliphatic rings. The zero-order valence-electron chi connectivity index (χ0n) is 34.5. The molecule has 23 heteroatoms. The Morgan fingerprint density at radius 2 is 1.67 bits per heavy atom. The molecule has 2 bridgehead atoms. The molecule has 0 spiro atoms. The lowest BCUT2D eigenvalue weighted by Crippen LogP contribution is -2.32. The molecule has 0 saturated carbocycles. The first kappa shape index (κ1) is 49.7. The summed E-state index contributed by atoms with van der Waals surface area (Å²) in [7, 11) is 0. The van der Waals surface area contributed by atoms with Gasteiger partial charge in [0, 0.05) is 26.0 Å². The highest BCUT2D eigenvalue weighted by atomic mass is 32.1. The largest absolute Gasteiger partial charge is 0.488 e. The number of hydrogen-bond acceptors (Lipinski definition) is 18. The second kappa shape index (κ2) is 25.2. The second-order valence-electron chi connectivity index (χ2n) is 12.4. The number of carbonyl (C=O) groups is 2. The van der Waals surface area contributed by atoms with E-state index in [1.54, 1.807) is 50.3 Å². The van der Waals surface area contributed by atoms with Crippen molar-refractivity contribution in [2.75, 3.05) is 60.9 Å². The summed E-state index contributed by atoms with van der Waals surface area (Å²) in [6, 6.07) is 9.28. The number of nitro groups is 2. The van der Waals surface area contributed by atoms with Crippen LogP contribution in [0.1, 0.15) is 39.5 Å². The zero-order chi connectivity index (χ0) is 45.0. The van der Waals surface area contributed by atoms with Crippen molar-refractivity contribution < 1.29 is 49.3 Å². The van der Waals surface area contributed by atoms with E-state index in [9.17, 15) is 29.8 Å². The lowest BCUT2D eigenvalue weighted by atomic mass is 10.2. The number of nitrogen functional groups attached to an aromatic ring is 2. The van der Waals surface area contributed by atoms with Gasteiger partial charge in [0.05, 0.1) is 49.4 Å². The van der Waals surface area contributed by atoms with Crippen molar-refractivity contribution in [1.29, 1.82) is 0 Å². The molecular formula is C40H50N10O12S. The standard InChI is InChI=1S/C21H25N5O6.C19H21N5O6.H2S.H2/c1-4-7-12-32-18-13-16(19(26(28)29)20(22)24-18)25(21(27)30-6-3)14-15-17(31-11-5-2)9-8-10-23-15;1-2-28-19(25)23-12-13-15(7-6-8-21-13)29-9-4-3-5-10-30-16-11-14(23)17(24(26)27)18(20)22-16;;/h4-5,8-10,13H,1-2,6-7,11-12,14H2,3H3,(H2,22,24);3-4,6-8,11H,2,5,9-10,12H2,1H3,(H2,20,22);1H2;1H/b;4-3+;;/i;;;1+2. The average Bonchev–Trinajstić information content (AvgIpc) is 3.23. The number of nitrogens with zero attached hydrogens (tertiary/aromatic N) is 8. The predicted octanol–water partition coefficient (Wildman–Crippen LogP) is 6.86. The maximum absolute atomic E-state index is 12.8. The van der Waals surface area contributed by atoms with Crippen LogP contribution in [0, 0.1) is 20.2 Å². The van der Waals surface area contributed by atoms with E-state index in [0.29, 0.717) is 35.7 Å². The summed E-state index contributed by atoms with van der Waals surface area (Å²) in [4.78, 5) is 66.1. The lowest BCUT2D eigenvalue weighted by molar-refractivity contribution is -0.383. The van der Waals surface area contributed by atoms with Gasteiger partial charge in [0.15, 0.2) is 0 Å². The van der Waals surface area contributed by atoms with Crippen LogP contribution in [-0.4, -0.2) is 81.6 Å². The number of amides is 2. The van der Waals surface area contributed by atoms with Crippen molar-refractivity contribution in [2.45, 2.75) is 39.8 Å². The van der Waals surface area contributed by atoms with Crippen LogP contribution in [0.5, 0.6) is 23.3 Å². The Morgan fingerprint density at radius 1 is 0.952 bits per heavy atom. The van der Waals surface area contributed by atoms with E-state index in [0.717, 1.165) is 9.80 Å². The molecule has 0 aromatic carbocycles. The molecular weight excluding hydrogens is 845 g/mol. The Balaban J connectivity index is 0.000000427. The van der Waals surface area contributed by atoms with Crippen molar-refractivity contribution in [3.8, 4) is 23.3 Å². The molecule has 22 nitrogen and oxygen atoms in total. The van der Waals surface area contributed by atoms with Crippen LogP contribution in [0.15, 0.2) is 86.3 Å². The normalized spacial score (nSPS) is 12.3. The fourth-order valence-electron chi connectivity index (χ4n) is 5.47. The topological polar surface area (TPSA) is 286 Å². The molecule has 4 aromatic rings. The summed E-state index contributed by atoms with van der Waals surface area (Å²) in [5.41, 5.74) is 11.1. The van der Waals surface area contributed by atoms with E-state index in [-0.39, 0.29) is 96.6 Å². The molecule has 63 heavy (non-hydrogen) atoms. The number of nitrogens with two attached hydrogens (primary N) is 2. The van der Waals surface area contributed by atoms with Crippen LogP contribution in [0.25, 0.3) is 0 Å². The molecule has 2 amide bonds. The molecule has 5 rings (SSSR count). The quantitative estimate of drug-likeness (QED) is 0.0565. The van der Waals surface area contributed by atoms with Gasteiger partial charge in [-0.1, -0.05) is 30.9 Å². The number of fused-ring (bicyclic) bond motifs is 3. The minimum Gasteiger partial charge on any atom is -0.488 e. The Kier molecular flexibility index (Phi) is 19.8. The molecule has 5 heterocycles. The molecule has 338 valence electrons. The Morgan fingerprint density at radius 3 is 2.37 bits per heavy atom. The van der Waals surface area contributed by atoms with Crippen LogP contribution in [-0.2, 0) is 22.6 Å². The van der Waals surface area contributed by atoms with Crippen LogP contribution in [0.2, 0.25) is 0 Å². The van der Waals surface area contributed by atoms with Crippen LogP contribution < -0.4 is 40.2 Å². The Labute approximate surface area is 370 Å². The number of aromatic nitrogens is 4. The number of hydrogen-bond donors (Lipinski definition) is 2. The number of pyridine rings is 4. The molecule has 0 aliphatic carbocycles. The van der Waals surface area contributed by atoms with Crippen LogP contribution in [0.3, 0.4) is 0 Å². The monoisotopic (exact) mass is 896 g/mol. The van der Waals surface area contributed by atoms with E-state index < -0.39 is 39.2 Å². The van der Waals surface area contributed by atoms with E-state index in [1.165, 1.54) is 24.5 Å². The van der Waals surface area contributed by atoms with Gasteiger partial charge in [-0.25, -0.2) is 9.59 Å². The summed E-state index contributed by atoms with van der Waals surface area (Å²) in [5, 5.41) is 23.5. The van der Waals surface area contributed by atoms with Gasteiger partial charge in [0.25, 0.3) is 0 Å². The second-order valence-corrected chi connectivity index (χ2v) is 12.4. The third kappa shape index (κ3) is 13.9. The van der Waals surface area contributed by atoms with E-state index in [2.05, 4.69) is 33.1 Å². The fraction of sp³-hybridized carbons (Fsp3) is 0.300. The van der Waals surface area contributed by atoms with Crippen molar-refractivity contribution in [2.24, 2.45) is 0 Å². The van der Waals surface area contributed by atoms with E-state index in [4.69, 9.17) is 39.9 Å². The number of rotatable bonds is 14. The predicted molar refractivity (Wildman–Crippen MR) is 239 cm³/mol. The molecule has 0 fully saturated rings.